The Bertz CT molecular complexity index is 803. The predicted molar refractivity (Wildman–Crippen MR) is 94.2 cm³/mol. The summed E-state index contributed by atoms with van der Waals surface area (Å²) in [7, 11) is 0. The van der Waals surface area contributed by atoms with E-state index in [0.717, 1.165) is 42.6 Å². The highest BCUT2D eigenvalue weighted by Crippen LogP contribution is 2.36. The van der Waals surface area contributed by atoms with E-state index in [9.17, 15) is 4.39 Å². The summed E-state index contributed by atoms with van der Waals surface area (Å²) in [6.45, 7) is 2.09. The van der Waals surface area contributed by atoms with Gasteiger partial charge in [0.2, 0.25) is 0 Å². The summed E-state index contributed by atoms with van der Waals surface area (Å²) < 4.78 is 15.7. The van der Waals surface area contributed by atoms with Crippen LogP contribution in [-0.2, 0) is 0 Å². The topological polar surface area (TPSA) is 29.9 Å². The average Bonchev–Trinajstić information content (AvgIpc) is 3.09. The second-order valence-electron chi connectivity index (χ2n) is 6.21. The smallest absolute Gasteiger partial charge is 0.123 e. The van der Waals surface area contributed by atoms with Gasteiger partial charge in [-0.15, -0.1) is 0 Å². The number of halogens is 1. The average molecular weight is 321 g/mol. The molecule has 1 N–H and O–H groups in total. The molecule has 1 aliphatic heterocycles. The van der Waals surface area contributed by atoms with Gasteiger partial charge in [0.05, 0.1) is 5.69 Å². The predicted octanol–water partition coefficient (Wildman–Crippen LogP) is 4.28. The van der Waals surface area contributed by atoms with Gasteiger partial charge < -0.3 is 9.88 Å². The van der Waals surface area contributed by atoms with E-state index in [1.54, 1.807) is 0 Å². The first kappa shape index (κ1) is 15.1. The number of rotatable bonds is 3. The maximum atomic E-state index is 13.3. The number of nitrogens with zero attached hydrogens (tertiary/aromatic N) is 2. The molecule has 0 atom stereocenters. The first-order valence-corrected chi connectivity index (χ1v) is 8.41. The highest BCUT2D eigenvalue weighted by atomic mass is 19.1. The molecule has 1 fully saturated rings. The zero-order chi connectivity index (χ0) is 16.4. The lowest BCUT2D eigenvalue weighted by molar-refractivity contribution is 0.371. The van der Waals surface area contributed by atoms with Gasteiger partial charge in [0.1, 0.15) is 5.82 Å². The van der Waals surface area contributed by atoms with Crippen LogP contribution in [0.1, 0.15) is 18.9 Å². The van der Waals surface area contributed by atoms with Gasteiger partial charge in [0, 0.05) is 35.8 Å². The van der Waals surface area contributed by atoms with Gasteiger partial charge >= 0.3 is 0 Å². The van der Waals surface area contributed by atoms with E-state index in [1.165, 1.54) is 17.8 Å². The Balaban J connectivity index is 1.84. The van der Waals surface area contributed by atoms with Gasteiger partial charge in [-0.25, -0.2) is 4.39 Å². The summed E-state index contributed by atoms with van der Waals surface area (Å²) in [6.07, 6.45) is 8.06. The molecule has 3 aromatic rings. The van der Waals surface area contributed by atoms with Crippen molar-refractivity contribution in [3.05, 3.63) is 66.9 Å². The van der Waals surface area contributed by atoms with Crippen LogP contribution in [0, 0.1) is 5.82 Å². The van der Waals surface area contributed by atoms with Crippen molar-refractivity contribution >= 4 is 0 Å². The first-order valence-electron chi connectivity index (χ1n) is 8.41. The Morgan fingerprint density at radius 2 is 1.62 bits per heavy atom. The SMILES string of the molecule is Fc1ccc(-c2ccn(C3CCNCC3)c2-c2ccncc2)cc1. The van der Waals surface area contributed by atoms with Crippen molar-refractivity contribution < 1.29 is 4.39 Å². The maximum absolute atomic E-state index is 13.3. The zero-order valence-electron chi connectivity index (χ0n) is 13.5. The molecule has 1 aromatic carbocycles. The fourth-order valence-electron chi connectivity index (χ4n) is 3.51. The summed E-state index contributed by atoms with van der Waals surface area (Å²) in [5.41, 5.74) is 4.51. The van der Waals surface area contributed by atoms with Gasteiger partial charge in [-0.1, -0.05) is 12.1 Å². The number of hydrogen-bond acceptors (Lipinski definition) is 2. The van der Waals surface area contributed by atoms with Crippen molar-refractivity contribution in [1.29, 1.82) is 0 Å². The molecule has 1 saturated heterocycles. The number of hydrogen-bond donors (Lipinski definition) is 1. The third-order valence-electron chi connectivity index (χ3n) is 4.73. The van der Waals surface area contributed by atoms with Crippen molar-refractivity contribution in [2.45, 2.75) is 18.9 Å². The van der Waals surface area contributed by atoms with Gasteiger partial charge in [0.15, 0.2) is 0 Å². The Kier molecular flexibility index (Phi) is 4.13. The molecule has 0 unspecified atom stereocenters. The van der Waals surface area contributed by atoms with Crippen molar-refractivity contribution in [2.75, 3.05) is 13.1 Å². The number of aromatic nitrogens is 2. The van der Waals surface area contributed by atoms with E-state index >= 15 is 0 Å². The van der Waals surface area contributed by atoms with Crippen molar-refractivity contribution in [2.24, 2.45) is 0 Å². The molecule has 0 spiro atoms. The summed E-state index contributed by atoms with van der Waals surface area (Å²) in [4.78, 5) is 4.14. The minimum Gasteiger partial charge on any atom is -0.344 e. The van der Waals surface area contributed by atoms with Gasteiger partial charge in [-0.3, -0.25) is 4.98 Å². The van der Waals surface area contributed by atoms with Crippen LogP contribution in [0.2, 0.25) is 0 Å². The Hall–Kier alpha value is -2.46. The minimum absolute atomic E-state index is 0.206. The monoisotopic (exact) mass is 321 g/mol. The van der Waals surface area contributed by atoms with E-state index in [1.807, 2.05) is 36.7 Å². The lowest BCUT2D eigenvalue weighted by Crippen LogP contribution is -2.29. The molecule has 1 aliphatic rings. The molecule has 122 valence electrons. The van der Waals surface area contributed by atoms with Crippen LogP contribution >= 0.6 is 0 Å². The second-order valence-corrected chi connectivity index (χ2v) is 6.21. The van der Waals surface area contributed by atoms with Crippen LogP contribution < -0.4 is 5.32 Å². The molecule has 0 radical (unpaired) electrons. The van der Waals surface area contributed by atoms with Crippen LogP contribution in [0.5, 0.6) is 0 Å². The quantitative estimate of drug-likeness (QED) is 0.780. The molecule has 4 rings (SSSR count). The molecular weight excluding hydrogens is 301 g/mol. The molecule has 0 aliphatic carbocycles. The van der Waals surface area contributed by atoms with E-state index in [2.05, 4.69) is 27.1 Å². The van der Waals surface area contributed by atoms with Crippen LogP contribution in [0.4, 0.5) is 4.39 Å². The van der Waals surface area contributed by atoms with Crippen molar-refractivity contribution in [1.82, 2.24) is 14.9 Å². The fraction of sp³-hybridized carbons (Fsp3) is 0.250. The van der Waals surface area contributed by atoms with E-state index < -0.39 is 0 Å². The Morgan fingerprint density at radius 1 is 0.917 bits per heavy atom. The molecule has 24 heavy (non-hydrogen) atoms. The summed E-state index contributed by atoms with van der Waals surface area (Å²) >= 11 is 0. The number of nitrogens with one attached hydrogen (secondary N) is 1. The second kappa shape index (κ2) is 6.57. The maximum Gasteiger partial charge on any atom is 0.123 e. The molecule has 3 nitrogen and oxygen atoms in total. The van der Waals surface area contributed by atoms with E-state index in [0.29, 0.717) is 6.04 Å². The highest BCUT2D eigenvalue weighted by Gasteiger charge is 2.21. The summed E-state index contributed by atoms with van der Waals surface area (Å²) in [6, 6.07) is 13.5. The van der Waals surface area contributed by atoms with E-state index in [4.69, 9.17) is 0 Å². The molecule has 0 saturated carbocycles. The van der Waals surface area contributed by atoms with Gasteiger partial charge in [-0.05, 0) is 61.8 Å². The summed E-state index contributed by atoms with van der Waals surface area (Å²) in [5, 5.41) is 3.42. The first-order chi connectivity index (χ1) is 11.8. The molecule has 4 heteroatoms. The summed E-state index contributed by atoms with van der Waals surface area (Å²) in [5.74, 6) is -0.206. The van der Waals surface area contributed by atoms with Crippen LogP contribution in [0.15, 0.2) is 61.1 Å². The normalized spacial score (nSPS) is 15.5. The van der Waals surface area contributed by atoms with Crippen LogP contribution in [0.3, 0.4) is 0 Å². The van der Waals surface area contributed by atoms with Crippen LogP contribution in [-0.4, -0.2) is 22.6 Å². The number of benzene rings is 1. The zero-order valence-corrected chi connectivity index (χ0v) is 13.5. The fourth-order valence-corrected chi connectivity index (χ4v) is 3.51. The lowest BCUT2D eigenvalue weighted by Gasteiger charge is -2.26. The molecule has 0 amide bonds. The minimum atomic E-state index is -0.206. The Labute approximate surface area is 141 Å². The third kappa shape index (κ3) is 2.85. The van der Waals surface area contributed by atoms with Crippen LogP contribution in [0.25, 0.3) is 22.4 Å². The third-order valence-corrected chi connectivity index (χ3v) is 4.73. The lowest BCUT2D eigenvalue weighted by atomic mass is 10.0. The molecule has 2 aromatic heterocycles. The molecule has 3 heterocycles. The number of pyridine rings is 1. The largest absolute Gasteiger partial charge is 0.344 e. The molecular formula is C20H20FN3. The number of piperidine rings is 1. The van der Waals surface area contributed by atoms with Gasteiger partial charge in [-0.2, -0.15) is 0 Å². The molecule has 0 bridgehead atoms. The standard InChI is InChI=1S/C20H20FN3/c21-17-3-1-15(2-4-17)19-9-14-24(18-7-12-23-13-8-18)20(19)16-5-10-22-11-6-16/h1-6,9-11,14,18,23H,7-8,12-13H2. The van der Waals surface area contributed by atoms with E-state index in [-0.39, 0.29) is 5.82 Å². The van der Waals surface area contributed by atoms with Crippen molar-refractivity contribution in [3.63, 3.8) is 0 Å². The highest BCUT2D eigenvalue weighted by molar-refractivity contribution is 5.81. The Morgan fingerprint density at radius 3 is 2.33 bits per heavy atom. The van der Waals surface area contributed by atoms with Gasteiger partial charge in [0.25, 0.3) is 0 Å². The van der Waals surface area contributed by atoms with Crippen molar-refractivity contribution in [3.8, 4) is 22.4 Å².